The molecule has 0 aliphatic heterocycles. The maximum absolute atomic E-state index is 4.31. The third-order valence-corrected chi connectivity index (χ3v) is 5.34. The number of hydrogen-bond acceptors (Lipinski definition) is 4. The van der Waals surface area contributed by atoms with E-state index < -0.39 is 0 Å². The van der Waals surface area contributed by atoms with Crippen molar-refractivity contribution in [2.75, 3.05) is 20.6 Å². The molecule has 0 amide bonds. The number of likely N-dealkylation sites (N-methyl/N-ethyl adjacent to an activating group) is 1. The van der Waals surface area contributed by atoms with Crippen LogP contribution in [0, 0.1) is 0 Å². The summed E-state index contributed by atoms with van der Waals surface area (Å²) in [6.45, 7) is 0.957. The Hall–Kier alpha value is -1.17. The lowest BCUT2D eigenvalue weighted by Crippen LogP contribution is -2.34. The minimum absolute atomic E-state index is 0.364. The van der Waals surface area contributed by atoms with Crippen LogP contribution in [0.25, 0.3) is 0 Å². The van der Waals surface area contributed by atoms with Crippen LogP contribution in [-0.4, -0.2) is 35.3 Å². The maximum Gasteiger partial charge on any atom is 0.0538 e. The number of aromatic nitrogens is 2. The zero-order valence-electron chi connectivity index (χ0n) is 13.0. The molecular formula is C16H24N4S. The van der Waals surface area contributed by atoms with E-state index in [0.29, 0.717) is 12.1 Å². The zero-order valence-corrected chi connectivity index (χ0v) is 13.9. The Labute approximate surface area is 130 Å². The fraction of sp³-hybridized carbons (Fsp3) is 0.562. The number of nitrogens with zero attached hydrogens (tertiary/aromatic N) is 3. The zero-order chi connectivity index (χ0) is 14.8. The molecule has 0 radical (unpaired) electrons. The lowest BCUT2D eigenvalue weighted by molar-refractivity contribution is 0.275. The van der Waals surface area contributed by atoms with Crippen molar-refractivity contribution in [2.24, 2.45) is 7.05 Å². The Bertz CT molecular complexity index is 587. The van der Waals surface area contributed by atoms with E-state index in [4.69, 9.17) is 0 Å². The summed E-state index contributed by atoms with van der Waals surface area (Å²) in [5.74, 6) is 0. The molecule has 1 N–H and O–H groups in total. The lowest BCUT2D eigenvalue weighted by atomic mass is 9.93. The normalized spacial score (nSPS) is 19.7. The van der Waals surface area contributed by atoms with Crippen LogP contribution < -0.4 is 5.32 Å². The predicted octanol–water partition coefficient (Wildman–Crippen LogP) is 2.75. The van der Waals surface area contributed by atoms with E-state index in [0.717, 1.165) is 6.54 Å². The molecule has 0 aromatic carbocycles. The summed E-state index contributed by atoms with van der Waals surface area (Å²) in [6.07, 6.45) is 7.89. The van der Waals surface area contributed by atoms with Gasteiger partial charge in [0, 0.05) is 42.3 Å². The number of thiophene rings is 1. The highest BCUT2D eigenvalue weighted by Crippen LogP contribution is 2.33. The average molecular weight is 304 g/mol. The molecule has 0 fully saturated rings. The molecule has 0 unspecified atom stereocenters. The average Bonchev–Trinajstić information content (AvgIpc) is 3.08. The van der Waals surface area contributed by atoms with Crippen molar-refractivity contribution in [1.82, 2.24) is 20.0 Å². The highest BCUT2D eigenvalue weighted by Gasteiger charge is 2.23. The standard InChI is InChI=1S/C16H24N4S/c1-19(2)15(12-9-18-20(3)11-12)10-17-14-5-4-6-16-13(14)7-8-21-16/h7-9,11,14-15,17H,4-6,10H2,1-3H3/t14-,15-/m0/s1. The van der Waals surface area contributed by atoms with Crippen molar-refractivity contribution in [3.8, 4) is 0 Å². The summed E-state index contributed by atoms with van der Waals surface area (Å²) >= 11 is 1.91. The van der Waals surface area contributed by atoms with Crippen molar-refractivity contribution < 1.29 is 0 Å². The van der Waals surface area contributed by atoms with Gasteiger partial charge in [0.2, 0.25) is 0 Å². The molecule has 0 saturated heterocycles. The fourth-order valence-corrected chi connectivity index (χ4v) is 4.15. The molecule has 2 aromatic heterocycles. The van der Waals surface area contributed by atoms with Crippen molar-refractivity contribution in [2.45, 2.75) is 31.3 Å². The van der Waals surface area contributed by atoms with Gasteiger partial charge in [0.05, 0.1) is 6.20 Å². The van der Waals surface area contributed by atoms with Gasteiger partial charge in [0.25, 0.3) is 0 Å². The maximum atomic E-state index is 4.31. The van der Waals surface area contributed by atoms with E-state index in [-0.39, 0.29) is 0 Å². The number of rotatable bonds is 5. The first-order chi connectivity index (χ1) is 10.1. The van der Waals surface area contributed by atoms with Crippen molar-refractivity contribution in [1.29, 1.82) is 0 Å². The van der Waals surface area contributed by atoms with E-state index >= 15 is 0 Å². The minimum atomic E-state index is 0.364. The summed E-state index contributed by atoms with van der Waals surface area (Å²) in [7, 11) is 6.24. The SMILES string of the molecule is CN(C)[C@@H](CN[C@H]1CCCc2sccc21)c1cnn(C)c1. The van der Waals surface area contributed by atoms with Crippen LogP contribution in [0.4, 0.5) is 0 Å². The highest BCUT2D eigenvalue weighted by molar-refractivity contribution is 7.10. The molecule has 0 saturated carbocycles. The fourth-order valence-electron chi connectivity index (χ4n) is 3.16. The summed E-state index contributed by atoms with van der Waals surface area (Å²) in [4.78, 5) is 3.84. The first-order valence-electron chi connectivity index (χ1n) is 7.60. The van der Waals surface area contributed by atoms with Gasteiger partial charge in [-0.25, -0.2) is 0 Å². The van der Waals surface area contributed by atoms with Crippen molar-refractivity contribution >= 4 is 11.3 Å². The molecule has 4 nitrogen and oxygen atoms in total. The molecule has 21 heavy (non-hydrogen) atoms. The number of nitrogens with one attached hydrogen (secondary N) is 1. The Balaban J connectivity index is 1.68. The quantitative estimate of drug-likeness (QED) is 0.922. The Morgan fingerprint density at radius 2 is 2.38 bits per heavy atom. The van der Waals surface area contributed by atoms with Gasteiger partial charge >= 0.3 is 0 Å². The summed E-state index contributed by atoms with van der Waals surface area (Å²) < 4.78 is 1.88. The van der Waals surface area contributed by atoms with Gasteiger partial charge in [-0.1, -0.05) is 0 Å². The number of fused-ring (bicyclic) bond motifs is 1. The Kier molecular flexibility index (Phi) is 4.42. The Morgan fingerprint density at radius 1 is 1.52 bits per heavy atom. The van der Waals surface area contributed by atoms with Gasteiger partial charge in [-0.05, 0) is 50.4 Å². The van der Waals surface area contributed by atoms with Crippen LogP contribution in [-0.2, 0) is 13.5 Å². The van der Waals surface area contributed by atoms with E-state index in [1.54, 1.807) is 4.88 Å². The third kappa shape index (κ3) is 3.20. The summed E-state index contributed by atoms with van der Waals surface area (Å²) in [5, 5.41) is 10.3. The molecule has 1 aliphatic carbocycles. The van der Waals surface area contributed by atoms with Gasteiger partial charge in [-0.3, -0.25) is 4.68 Å². The van der Waals surface area contributed by atoms with E-state index in [2.05, 4.69) is 47.1 Å². The Morgan fingerprint density at radius 3 is 3.10 bits per heavy atom. The molecule has 2 atom stereocenters. The van der Waals surface area contributed by atoms with Gasteiger partial charge in [-0.15, -0.1) is 11.3 Å². The van der Waals surface area contributed by atoms with E-state index in [1.165, 1.54) is 30.4 Å². The largest absolute Gasteiger partial charge is 0.308 e. The molecule has 0 spiro atoms. The number of hydrogen-bond donors (Lipinski definition) is 1. The molecule has 2 aromatic rings. The second-order valence-corrected chi connectivity index (χ2v) is 7.08. The second-order valence-electron chi connectivity index (χ2n) is 6.08. The third-order valence-electron chi connectivity index (χ3n) is 4.34. The summed E-state index contributed by atoms with van der Waals surface area (Å²) in [6, 6.07) is 3.17. The van der Waals surface area contributed by atoms with Crippen molar-refractivity contribution in [3.05, 3.63) is 39.8 Å². The first kappa shape index (κ1) is 14.8. The van der Waals surface area contributed by atoms with Gasteiger partial charge < -0.3 is 10.2 Å². The van der Waals surface area contributed by atoms with Crippen LogP contribution in [0.1, 0.15) is 40.9 Å². The lowest BCUT2D eigenvalue weighted by Gasteiger charge is -2.29. The number of aryl methyl sites for hydroxylation is 2. The molecule has 0 bridgehead atoms. The molecule has 5 heteroatoms. The topological polar surface area (TPSA) is 33.1 Å². The van der Waals surface area contributed by atoms with Crippen LogP contribution in [0.3, 0.4) is 0 Å². The predicted molar refractivity (Wildman–Crippen MR) is 87.6 cm³/mol. The monoisotopic (exact) mass is 304 g/mol. The van der Waals surface area contributed by atoms with E-state index in [9.17, 15) is 0 Å². The molecule has 1 aliphatic rings. The van der Waals surface area contributed by atoms with Crippen LogP contribution in [0.2, 0.25) is 0 Å². The first-order valence-corrected chi connectivity index (χ1v) is 8.47. The smallest absolute Gasteiger partial charge is 0.0538 e. The second kappa shape index (κ2) is 6.30. The molecule has 2 heterocycles. The van der Waals surface area contributed by atoms with Crippen LogP contribution in [0.5, 0.6) is 0 Å². The van der Waals surface area contributed by atoms with Gasteiger partial charge in [-0.2, -0.15) is 5.10 Å². The van der Waals surface area contributed by atoms with Gasteiger partial charge in [0.1, 0.15) is 0 Å². The highest BCUT2D eigenvalue weighted by atomic mass is 32.1. The summed E-state index contributed by atoms with van der Waals surface area (Å²) in [5.41, 5.74) is 2.80. The molecular weight excluding hydrogens is 280 g/mol. The van der Waals surface area contributed by atoms with Gasteiger partial charge in [0.15, 0.2) is 0 Å². The molecule has 114 valence electrons. The minimum Gasteiger partial charge on any atom is -0.308 e. The van der Waals surface area contributed by atoms with Crippen LogP contribution in [0.15, 0.2) is 23.8 Å². The van der Waals surface area contributed by atoms with E-state index in [1.807, 2.05) is 29.3 Å². The van der Waals surface area contributed by atoms with Crippen LogP contribution >= 0.6 is 11.3 Å². The molecule has 3 rings (SSSR count). The van der Waals surface area contributed by atoms with Crippen molar-refractivity contribution in [3.63, 3.8) is 0 Å².